The lowest BCUT2D eigenvalue weighted by molar-refractivity contribution is 0.191. The molecule has 1 aliphatic heterocycles. The summed E-state index contributed by atoms with van der Waals surface area (Å²) in [6.45, 7) is 3.75. The van der Waals surface area contributed by atoms with Crippen molar-refractivity contribution >= 4 is 16.7 Å². The molecule has 6 heteroatoms. The Balaban J connectivity index is 1.24. The number of nitrogens with two attached hydrogens (primary N) is 1. The van der Waals surface area contributed by atoms with Crippen molar-refractivity contribution < 1.29 is 13.7 Å². The van der Waals surface area contributed by atoms with Crippen molar-refractivity contribution in [3.05, 3.63) is 54.0 Å². The lowest BCUT2D eigenvalue weighted by atomic mass is 9.91. The number of piperidine rings is 1. The topological polar surface area (TPSA) is 64.5 Å². The van der Waals surface area contributed by atoms with Gasteiger partial charge in [0.1, 0.15) is 11.6 Å². The molecule has 1 fully saturated rings. The van der Waals surface area contributed by atoms with Crippen LogP contribution >= 0.6 is 0 Å². The summed E-state index contributed by atoms with van der Waals surface area (Å²) in [7, 11) is 0. The van der Waals surface area contributed by atoms with Crippen LogP contribution in [0.2, 0.25) is 0 Å². The number of likely N-dealkylation sites (tertiary alicyclic amines) is 1. The van der Waals surface area contributed by atoms with E-state index >= 15 is 0 Å². The highest BCUT2D eigenvalue weighted by atomic mass is 19.1. The van der Waals surface area contributed by atoms with Crippen LogP contribution in [0.1, 0.15) is 30.9 Å². The van der Waals surface area contributed by atoms with Crippen LogP contribution in [0.15, 0.2) is 47.0 Å². The number of ether oxygens (including phenoxy) is 1. The van der Waals surface area contributed by atoms with Crippen molar-refractivity contribution in [2.24, 2.45) is 0 Å². The van der Waals surface area contributed by atoms with Gasteiger partial charge in [0.05, 0.1) is 12.3 Å². The van der Waals surface area contributed by atoms with Gasteiger partial charge < -0.3 is 19.9 Å². The van der Waals surface area contributed by atoms with Crippen LogP contribution in [-0.2, 0) is 0 Å². The van der Waals surface area contributed by atoms with Crippen LogP contribution in [0.4, 0.5) is 10.1 Å². The van der Waals surface area contributed by atoms with Gasteiger partial charge in [0.2, 0.25) is 0 Å². The van der Waals surface area contributed by atoms with Gasteiger partial charge in [-0.25, -0.2) is 4.39 Å². The lowest BCUT2D eigenvalue weighted by Crippen LogP contribution is -2.34. The van der Waals surface area contributed by atoms with E-state index in [2.05, 4.69) is 10.1 Å². The Morgan fingerprint density at radius 1 is 1.19 bits per heavy atom. The average molecular weight is 369 g/mol. The minimum atomic E-state index is -0.291. The maximum absolute atomic E-state index is 13.3. The SMILES string of the molecule is Nc1cccc(OCCCN2CCC(c3noc4cc(F)ccc34)CC2)c1. The number of nitrogens with zero attached hydrogens (tertiary/aromatic N) is 2. The second kappa shape index (κ2) is 7.96. The molecule has 142 valence electrons. The fraction of sp³-hybridized carbons (Fsp3) is 0.381. The Labute approximate surface area is 157 Å². The third kappa shape index (κ3) is 4.22. The molecule has 1 aliphatic rings. The number of aromatic nitrogens is 1. The summed E-state index contributed by atoms with van der Waals surface area (Å²) in [6, 6.07) is 12.2. The van der Waals surface area contributed by atoms with Crippen LogP contribution in [-0.4, -0.2) is 36.3 Å². The molecule has 1 saturated heterocycles. The zero-order valence-corrected chi connectivity index (χ0v) is 15.2. The summed E-state index contributed by atoms with van der Waals surface area (Å²) in [4.78, 5) is 2.46. The van der Waals surface area contributed by atoms with E-state index in [1.54, 1.807) is 6.07 Å². The standard InChI is InChI=1S/C21H24FN3O2/c22-16-5-6-19-20(13-16)27-24-21(19)15-7-10-25(11-8-15)9-2-12-26-18-4-1-3-17(23)14-18/h1,3-6,13-15H,2,7-12,23H2. The van der Waals surface area contributed by atoms with Crippen LogP contribution < -0.4 is 10.5 Å². The first-order chi connectivity index (χ1) is 13.2. The van der Waals surface area contributed by atoms with Crippen molar-refractivity contribution in [2.45, 2.75) is 25.2 Å². The van der Waals surface area contributed by atoms with Gasteiger partial charge >= 0.3 is 0 Å². The smallest absolute Gasteiger partial charge is 0.170 e. The largest absolute Gasteiger partial charge is 0.493 e. The fourth-order valence-corrected chi connectivity index (χ4v) is 3.74. The molecular weight excluding hydrogens is 345 g/mol. The van der Waals surface area contributed by atoms with Crippen LogP contribution in [0.3, 0.4) is 0 Å². The highest BCUT2D eigenvalue weighted by Crippen LogP contribution is 2.32. The predicted octanol–water partition coefficient (Wildman–Crippen LogP) is 4.20. The maximum Gasteiger partial charge on any atom is 0.170 e. The molecule has 27 heavy (non-hydrogen) atoms. The van der Waals surface area contributed by atoms with Crippen molar-refractivity contribution in [3.8, 4) is 5.75 Å². The first-order valence-corrected chi connectivity index (χ1v) is 9.44. The predicted molar refractivity (Wildman–Crippen MR) is 103 cm³/mol. The molecule has 5 nitrogen and oxygen atoms in total. The Hall–Kier alpha value is -2.60. The van der Waals surface area contributed by atoms with E-state index < -0.39 is 0 Å². The Morgan fingerprint density at radius 3 is 2.85 bits per heavy atom. The van der Waals surface area contributed by atoms with Crippen molar-refractivity contribution in [3.63, 3.8) is 0 Å². The van der Waals surface area contributed by atoms with Crippen LogP contribution in [0.25, 0.3) is 11.0 Å². The Bertz CT molecular complexity index is 903. The summed E-state index contributed by atoms with van der Waals surface area (Å²) >= 11 is 0. The molecule has 4 rings (SSSR count). The molecule has 0 bridgehead atoms. The normalized spacial score (nSPS) is 16.0. The van der Waals surface area contributed by atoms with E-state index in [0.717, 1.165) is 61.4 Å². The van der Waals surface area contributed by atoms with Gasteiger partial charge in [0.25, 0.3) is 0 Å². The molecule has 2 N–H and O–H groups in total. The molecule has 1 aromatic heterocycles. The number of fused-ring (bicyclic) bond motifs is 1. The second-order valence-electron chi connectivity index (χ2n) is 7.10. The van der Waals surface area contributed by atoms with Gasteiger partial charge in [-0.15, -0.1) is 0 Å². The summed E-state index contributed by atoms with van der Waals surface area (Å²) in [5.74, 6) is 0.903. The summed E-state index contributed by atoms with van der Waals surface area (Å²) in [6.07, 6.45) is 3.05. The molecule has 3 aromatic rings. The molecule has 0 radical (unpaired) electrons. The molecule has 0 unspecified atom stereocenters. The van der Waals surface area contributed by atoms with E-state index in [-0.39, 0.29) is 5.82 Å². The van der Waals surface area contributed by atoms with Crippen LogP contribution in [0.5, 0.6) is 5.75 Å². The average Bonchev–Trinajstić information content (AvgIpc) is 3.09. The maximum atomic E-state index is 13.3. The van der Waals surface area contributed by atoms with Gasteiger partial charge in [0, 0.05) is 35.7 Å². The number of nitrogen functional groups attached to an aromatic ring is 1. The molecule has 0 aliphatic carbocycles. The third-order valence-electron chi connectivity index (χ3n) is 5.18. The molecule has 2 heterocycles. The monoisotopic (exact) mass is 369 g/mol. The Morgan fingerprint density at radius 2 is 2.04 bits per heavy atom. The quantitative estimate of drug-likeness (QED) is 0.521. The molecule has 2 aromatic carbocycles. The molecule has 0 amide bonds. The van der Waals surface area contributed by atoms with Crippen molar-refractivity contribution in [2.75, 3.05) is 32.0 Å². The summed E-state index contributed by atoms with van der Waals surface area (Å²) < 4.78 is 24.4. The highest BCUT2D eigenvalue weighted by molar-refractivity contribution is 5.79. The van der Waals surface area contributed by atoms with Gasteiger partial charge in [-0.2, -0.15) is 0 Å². The van der Waals surface area contributed by atoms with Gasteiger partial charge in [-0.05, 0) is 56.6 Å². The van der Waals surface area contributed by atoms with Crippen molar-refractivity contribution in [1.29, 1.82) is 0 Å². The van der Waals surface area contributed by atoms with Gasteiger partial charge in [-0.3, -0.25) is 0 Å². The number of anilines is 1. The third-order valence-corrected chi connectivity index (χ3v) is 5.18. The van der Waals surface area contributed by atoms with E-state index in [4.69, 9.17) is 15.0 Å². The van der Waals surface area contributed by atoms with Gasteiger partial charge in [-0.1, -0.05) is 11.2 Å². The first kappa shape index (κ1) is 17.8. The zero-order valence-electron chi connectivity index (χ0n) is 15.2. The molecule has 0 saturated carbocycles. The van der Waals surface area contributed by atoms with Crippen molar-refractivity contribution in [1.82, 2.24) is 10.1 Å². The zero-order chi connectivity index (χ0) is 18.6. The second-order valence-corrected chi connectivity index (χ2v) is 7.10. The number of rotatable bonds is 6. The number of hydrogen-bond donors (Lipinski definition) is 1. The van der Waals surface area contributed by atoms with E-state index in [0.29, 0.717) is 18.1 Å². The molecular formula is C21H24FN3O2. The minimum absolute atomic E-state index is 0.291. The molecule has 0 atom stereocenters. The van der Waals surface area contributed by atoms with Gasteiger partial charge in [0.15, 0.2) is 5.58 Å². The summed E-state index contributed by atoms with van der Waals surface area (Å²) in [5, 5.41) is 5.15. The number of halogens is 1. The van der Waals surface area contributed by atoms with E-state index in [9.17, 15) is 4.39 Å². The summed E-state index contributed by atoms with van der Waals surface area (Å²) in [5.41, 5.74) is 7.98. The lowest BCUT2D eigenvalue weighted by Gasteiger charge is -2.31. The van der Waals surface area contributed by atoms with Crippen LogP contribution in [0, 0.1) is 5.82 Å². The van der Waals surface area contributed by atoms with E-state index in [1.165, 1.54) is 12.1 Å². The molecule has 0 spiro atoms. The highest BCUT2D eigenvalue weighted by Gasteiger charge is 2.24. The Kier molecular flexibility index (Phi) is 5.25. The van der Waals surface area contributed by atoms with E-state index in [1.807, 2.05) is 24.3 Å². The number of hydrogen-bond acceptors (Lipinski definition) is 5. The fourth-order valence-electron chi connectivity index (χ4n) is 3.74. The number of benzene rings is 2. The minimum Gasteiger partial charge on any atom is -0.493 e. The first-order valence-electron chi connectivity index (χ1n) is 9.44.